The molecule has 2 rings (SSSR count). The third-order valence-corrected chi connectivity index (χ3v) is 3.18. The summed E-state index contributed by atoms with van der Waals surface area (Å²) in [4.78, 5) is 9.79. The zero-order chi connectivity index (χ0) is 14.3. The highest BCUT2D eigenvalue weighted by molar-refractivity contribution is 5.24. The molecule has 0 aromatic heterocycles. The van der Waals surface area contributed by atoms with E-state index in [0.717, 1.165) is 0 Å². The lowest BCUT2D eigenvalue weighted by atomic mass is 9.85. The summed E-state index contributed by atoms with van der Waals surface area (Å²) in [5, 5.41) is 50.5. The highest BCUT2D eigenvalue weighted by atomic mass is 16.7. The molecule has 1 aromatic carbocycles. The van der Waals surface area contributed by atoms with Gasteiger partial charge in [-0.05, 0) is 0 Å². The molecule has 19 heavy (non-hydrogen) atoms. The van der Waals surface area contributed by atoms with Gasteiger partial charge in [-0.3, -0.25) is 10.1 Å². The molecule has 4 atom stereocenters. The highest BCUT2D eigenvalue weighted by Crippen LogP contribution is 2.41. The van der Waals surface area contributed by atoms with Crippen LogP contribution in [0.4, 0.5) is 0 Å². The molecule has 8 nitrogen and oxygen atoms in total. The third kappa shape index (κ3) is 1.81. The van der Waals surface area contributed by atoms with E-state index in [0.29, 0.717) is 0 Å². The van der Waals surface area contributed by atoms with Gasteiger partial charge in [-0.25, -0.2) is 0 Å². The van der Waals surface area contributed by atoms with Crippen LogP contribution in [0.25, 0.3) is 0 Å². The van der Waals surface area contributed by atoms with Crippen LogP contribution in [0, 0.1) is 10.1 Å². The van der Waals surface area contributed by atoms with Crippen molar-refractivity contribution in [1.29, 1.82) is 0 Å². The van der Waals surface area contributed by atoms with Gasteiger partial charge in [-0.1, -0.05) is 30.3 Å². The monoisotopic (exact) mass is 271 g/mol. The molecule has 1 aliphatic rings. The minimum Gasteiger partial charge on any atom is -0.388 e. The molecule has 8 heteroatoms. The summed E-state index contributed by atoms with van der Waals surface area (Å²) in [6.07, 6.45) is -3.87. The molecule has 1 aromatic rings. The molecule has 0 radical (unpaired) electrons. The van der Waals surface area contributed by atoms with Gasteiger partial charge in [0.05, 0.1) is 11.5 Å². The Morgan fingerprint density at radius 2 is 1.84 bits per heavy atom. The lowest BCUT2D eigenvalue weighted by Gasteiger charge is -2.43. The number of aliphatic hydroxyl groups is 4. The van der Waals surface area contributed by atoms with Crippen LogP contribution in [0.2, 0.25) is 0 Å². The van der Waals surface area contributed by atoms with Crippen molar-refractivity contribution >= 4 is 0 Å². The average Bonchev–Trinajstić information content (AvgIpc) is 2.41. The van der Waals surface area contributed by atoms with Gasteiger partial charge in [-0.15, -0.1) is 0 Å². The highest BCUT2D eigenvalue weighted by Gasteiger charge is 2.71. The molecule has 0 bridgehead atoms. The van der Waals surface area contributed by atoms with Crippen molar-refractivity contribution in [2.75, 3.05) is 6.61 Å². The molecule has 0 amide bonds. The maximum absolute atomic E-state index is 11.1. The van der Waals surface area contributed by atoms with Crippen molar-refractivity contribution in [3.63, 3.8) is 0 Å². The molecule has 1 saturated heterocycles. The van der Waals surface area contributed by atoms with Crippen molar-refractivity contribution in [3.8, 4) is 0 Å². The van der Waals surface area contributed by atoms with Crippen molar-refractivity contribution in [1.82, 2.24) is 0 Å². The summed E-state index contributed by atoms with van der Waals surface area (Å²) in [6, 6.07) is 7.17. The smallest absolute Gasteiger partial charge is 0.388 e. The molecule has 1 aliphatic heterocycles. The van der Waals surface area contributed by atoms with Crippen molar-refractivity contribution in [2.45, 2.75) is 23.7 Å². The van der Waals surface area contributed by atoms with Gasteiger partial charge < -0.3 is 25.2 Å². The zero-order valence-electron chi connectivity index (χ0n) is 9.71. The summed E-state index contributed by atoms with van der Waals surface area (Å²) in [6.45, 7) is -0.553. The summed E-state index contributed by atoms with van der Waals surface area (Å²) in [5.41, 5.74) is -3.37. The maximum Gasteiger partial charge on any atom is 0.409 e. The van der Waals surface area contributed by atoms with Crippen molar-refractivity contribution in [2.24, 2.45) is 0 Å². The first-order valence-electron chi connectivity index (χ1n) is 5.49. The van der Waals surface area contributed by atoms with E-state index in [1.807, 2.05) is 0 Å². The molecule has 104 valence electrons. The van der Waals surface area contributed by atoms with Gasteiger partial charge in [-0.2, -0.15) is 0 Å². The van der Waals surface area contributed by atoms with Crippen LogP contribution >= 0.6 is 0 Å². The maximum atomic E-state index is 11.1. The quantitative estimate of drug-likeness (QED) is 0.294. The third-order valence-electron chi connectivity index (χ3n) is 3.18. The molecule has 0 saturated carbocycles. The predicted octanol–water partition coefficient (Wildman–Crippen LogP) is -1.45. The Morgan fingerprint density at radius 3 is 2.37 bits per heavy atom. The summed E-state index contributed by atoms with van der Waals surface area (Å²) >= 11 is 0. The van der Waals surface area contributed by atoms with Gasteiger partial charge in [0.25, 0.3) is 5.79 Å². The van der Waals surface area contributed by atoms with Crippen LogP contribution in [0.15, 0.2) is 30.3 Å². The summed E-state index contributed by atoms with van der Waals surface area (Å²) < 4.78 is 4.86. The van der Waals surface area contributed by atoms with Crippen LogP contribution in [0.3, 0.4) is 0 Å². The topological polar surface area (TPSA) is 133 Å². The second kappa shape index (κ2) is 4.51. The van der Waals surface area contributed by atoms with Crippen LogP contribution in [0.1, 0.15) is 5.56 Å². The van der Waals surface area contributed by atoms with Gasteiger partial charge in [0.1, 0.15) is 6.10 Å². The molecule has 1 heterocycles. The average molecular weight is 271 g/mol. The number of ether oxygens (including phenoxy) is 1. The zero-order valence-corrected chi connectivity index (χ0v) is 9.71. The van der Waals surface area contributed by atoms with Crippen LogP contribution < -0.4 is 0 Å². The normalized spacial score (nSPS) is 38.9. The Kier molecular flexibility index (Phi) is 3.29. The molecule has 0 spiro atoms. The number of nitrogens with zero attached hydrogens (tertiary/aromatic N) is 1. The van der Waals surface area contributed by atoms with E-state index in [9.17, 15) is 30.5 Å². The van der Waals surface area contributed by atoms with E-state index >= 15 is 0 Å². The van der Waals surface area contributed by atoms with E-state index in [1.165, 1.54) is 24.3 Å². The number of hydrogen-bond donors (Lipinski definition) is 4. The molecular weight excluding hydrogens is 258 g/mol. The van der Waals surface area contributed by atoms with E-state index in [-0.39, 0.29) is 5.56 Å². The molecule has 0 aliphatic carbocycles. The fraction of sp³-hybridized carbons (Fsp3) is 0.455. The summed E-state index contributed by atoms with van der Waals surface area (Å²) in [7, 11) is 0. The first-order chi connectivity index (χ1) is 8.84. The fourth-order valence-corrected chi connectivity index (χ4v) is 2.06. The number of hydrogen-bond acceptors (Lipinski definition) is 7. The molecule has 1 fully saturated rings. The number of aliphatic hydroxyl groups excluding tert-OH is 2. The molecule has 4 N–H and O–H groups in total. The van der Waals surface area contributed by atoms with Gasteiger partial charge >= 0.3 is 5.72 Å². The summed E-state index contributed by atoms with van der Waals surface area (Å²) in [5.74, 6) is -2.75. The predicted molar refractivity (Wildman–Crippen MR) is 60.2 cm³/mol. The number of nitro groups is 1. The Bertz CT molecular complexity index is 481. The minimum absolute atomic E-state index is 0.0971. The fourth-order valence-electron chi connectivity index (χ4n) is 2.06. The van der Waals surface area contributed by atoms with Gasteiger partial charge in [0.2, 0.25) is 0 Å². The molecule has 0 unspecified atom stereocenters. The van der Waals surface area contributed by atoms with E-state index in [4.69, 9.17) is 4.74 Å². The van der Waals surface area contributed by atoms with E-state index < -0.39 is 35.3 Å². The van der Waals surface area contributed by atoms with Crippen LogP contribution in [-0.2, 0) is 10.5 Å². The van der Waals surface area contributed by atoms with Crippen LogP contribution in [-0.4, -0.2) is 49.9 Å². The second-order valence-electron chi connectivity index (χ2n) is 4.32. The number of rotatable bonds is 2. The van der Waals surface area contributed by atoms with Gasteiger partial charge in [0.15, 0.2) is 6.10 Å². The van der Waals surface area contributed by atoms with Crippen molar-refractivity contribution < 1.29 is 30.1 Å². The van der Waals surface area contributed by atoms with E-state index in [2.05, 4.69) is 0 Å². The second-order valence-corrected chi connectivity index (χ2v) is 4.32. The standard InChI is InChI=1S/C11H13NO7/c13-8-6-19-11(16,7-4-2-1-3-5-7)10(15,9(8)14)12(17)18/h1-5,8-9,13-16H,6H2/t8-,9+,10-,11-/m1/s1. The van der Waals surface area contributed by atoms with E-state index in [1.54, 1.807) is 6.07 Å². The Hall–Kier alpha value is -1.58. The molecular formula is C11H13NO7. The Labute approximate surface area is 107 Å². The SMILES string of the molecule is O=[N+]([O-])[C@@]1(O)[C@@H](O)[C@H](O)CO[C@]1(O)c1ccccc1. The lowest BCUT2D eigenvalue weighted by Crippen LogP contribution is -2.71. The largest absolute Gasteiger partial charge is 0.409 e. The Balaban J connectivity index is 2.57. The number of benzene rings is 1. The minimum atomic E-state index is -3.27. The lowest BCUT2D eigenvalue weighted by molar-refractivity contribution is -0.695. The van der Waals surface area contributed by atoms with Gasteiger partial charge in [0, 0.05) is 5.56 Å². The first-order valence-corrected chi connectivity index (χ1v) is 5.49. The van der Waals surface area contributed by atoms with Crippen molar-refractivity contribution in [3.05, 3.63) is 46.0 Å². The Morgan fingerprint density at radius 1 is 1.26 bits per heavy atom. The first kappa shape index (κ1) is 13.8. The van der Waals surface area contributed by atoms with Crippen LogP contribution in [0.5, 0.6) is 0 Å².